The molecule has 6 nitrogen and oxygen atoms in total. The van der Waals surface area contributed by atoms with Gasteiger partial charge in [0.1, 0.15) is 11.1 Å². The molecule has 1 aliphatic carbocycles. The van der Waals surface area contributed by atoms with Gasteiger partial charge in [-0.1, -0.05) is 43.9 Å². The number of hydrogen-bond donors (Lipinski definition) is 2. The summed E-state index contributed by atoms with van der Waals surface area (Å²) < 4.78 is 10.9. The Morgan fingerprint density at radius 2 is 1.88 bits per heavy atom. The Balaban J connectivity index is 1.95. The van der Waals surface area contributed by atoms with Gasteiger partial charge in [-0.25, -0.2) is 4.79 Å². The number of hydrogen-bond acceptors (Lipinski definition) is 4. The zero-order valence-electron chi connectivity index (χ0n) is 14.3. The Labute approximate surface area is 146 Å². The number of methoxy groups -OCH3 is 1. The van der Waals surface area contributed by atoms with E-state index in [4.69, 9.17) is 9.15 Å². The van der Waals surface area contributed by atoms with Crippen LogP contribution in [-0.4, -0.2) is 29.6 Å². The van der Waals surface area contributed by atoms with Gasteiger partial charge in [0, 0.05) is 18.1 Å². The average molecular weight is 345 g/mol. The maximum Gasteiger partial charge on any atom is 0.329 e. The summed E-state index contributed by atoms with van der Waals surface area (Å²) >= 11 is 0. The Kier molecular flexibility index (Phi) is 5.08. The van der Waals surface area contributed by atoms with Crippen molar-refractivity contribution in [3.63, 3.8) is 0 Å². The van der Waals surface area contributed by atoms with Gasteiger partial charge in [-0.2, -0.15) is 0 Å². The highest BCUT2D eigenvalue weighted by molar-refractivity contribution is 6.01. The summed E-state index contributed by atoms with van der Waals surface area (Å²) in [6.45, 7) is 0.222. The van der Waals surface area contributed by atoms with Crippen LogP contribution < -0.4 is 5.32 Å². The molecule has 1 aromatic carbocycles. The molecule has 1 aliphatic rings. The van der Waals surface area contributed by atoms with Crippen LogP contribution in [0.1, 0.15) is 54.6 Å². The fourth-order valence-electron chi connectivity index (χ4n) is 3.57. The van der Waals surface area contributed by atoms with E-state index < -0.39 is 17.4 Å². The second kappa shape index (κ2) is 7.27. The van der Waals surface area contributed by atoms with E-state index in [0.29, 0.717) is 24.0 Å². The number of carbonyl (C=O) groups excluding carboxylic acids is 1. The highest BCUT2D eigenvalue weighted by atomic mass is 16.5. The van der Waals surface area contributed by atoms with Gasteiger partial charge < -0.3 is 19.6 Å². The molecule has 0 bridgehead atoms. The van der Waals surface area contributed by atoms with Crippen molar-refractivity contribution in [3.8, 4) is 0 Å². The number of fused-ring (bicyclic) bond motifs is 1. The van der Waals surface area contributed by atoms with Crippen molar-refractivity contribution in [3.05, 3.63) is 35.6 Å². The lowest BCUT2D eigenvalue weighted by atomic mass is 9.90. The standard InChI is InChI=1S/C19H23NO5/c1-24-12-14-13-8-4-5-9-15(13)25-16(14)17(21)20-19(18(22)23)10-6-2-3-7-11-19/h4-5,8-9H,2-3,6-7,10-12H2,1H3,(H,20,21)(H,22,23). The highest BCUT2D eigenvalue weighted by Crippen LogP contribution is 2.30. The number of carbonyl (C=O) groups is 2. The van der Waals surface area contributed by atoms with Crippen molar-refractivity contribution < 1.29 is 23.8 Å². The second-order valence-electron chi connectivity index (χ2n) is 6.59. The molecule has 0 aliphatic heterocycles. The first-order valence-electron chi connectivity index (χ1n) is 8.63. The molecule has 2 aromatic rings. The Morgan fingerprint density at radius 3 is 2.52 bits per heavy atom. The third-order valence-electron chi connectivity index (χ3n) is 4.91. The molecule has 0 atom stereocenters. The molecule has 0 spiro atoms. The first kappa shape index (κ1) is 17.5. The molecule has 0 saturated heterocycles. The van der Waals surface area contributed by atoms with Crippen molar-refractivity contribution in [2.45, 2.75) is 50.7 Å². The van der Waals surface area contributed by atoms with Gasteiger partial charge in [0.05, 0.1) is 6.61 Å². The first-order valence-corrected chi connectivity index (χ1v) is 8.63. The van der Waals surface area contributed by atoms with Crippen molar-refractivity contribution in [1.82, 2.24) is 5.32 Å². The molecule has 1 heterocycles. The van der Waals surface area contributed by atoms with Crippen LogP contribution in [-0.2, 0) is 16.1 Å². The van der Waals surface area contributed by atoms with Gasteiger partial charge >= 0.3 is 5.97 Å². The fraction of sp³-hybridized carbons (Fsp3) is 0.474. The van der Waals surface area contributed by atoms with Crippen LogP contribution in [0.3, 0.4) is 0 Å². The maximum atomic E-state index is 12.9. The Morgan fingerprint density at radius 1 is 1.20 bits per heavy atom. The molecule has 3 rings (SSSR count). The van der Waals surface area contributed by atoms with E-state index in [9.17, 15) is 14.7 Å². The van der Waals surface area contributed by atoms with Crippen molar-refractivity contribution >= 4 is 22.8 Å². The number of amides is 1. The Hall–Kier alpha value is -2.34. The number of rotatable bonds is 5. The summed E-state index contributed by atoms with van der Waals surface area (Å²) in [6, 6.07) is 7.34. The zero-order valence-corrected chi connectivity index (χ0v) is 14.3. The molecule has 1 amide bonds. The predicted octanol–water partition coefficient (Wildman–Crippen LogP) is 3.49. The summed E-state index contributed by atoms with van der Waals surface area (Å²) in [4.78, 5) is 24.8. The molecule has 2 N–H and O–H groups in total. The highest BCUT2D eigenvalue weighted by Gasteiger charge is 2.41. The van der Waals surface area contributed by atoms with E-state index in [0.717, 1.165) is 31.1 Å². The van der Waals surface area contributed by atoms with Crippen molar-refractivity contribution in [2.75, 3.05) is 7.11 Å². The maximum absolute atomic E-state index is 12.9. The summed E-state index contributed by atoms with van der Waals surface area (Å²) in [5, 5.41) is 13.3. The number of furan rings is 1. The largest absolute Gasteiger partial charge is 0.480 e. The number of para-hydroxylation sites is 1. The molecule has 0 unspecified atom stereocenters. The van der Waals surface area contributed by atoms with Gasteiger partial charge in [-0.3, -0.25) is 4.79 Å². The third kappa shape index (κ3) is 3.39. The van der Waals surface area contributed by atoms with E-state index in [1.165, 1.54) is 0 Å². The minimum absolute atomic E-state index is 0.132. The van der Waals surface area contributed by atoms with Gasteiger partial charge in [0.15, 0.2) is 5.76 Å². The van der Waals surface area contributed by atoms with E-state index in [-0.39, 0.29) is 12.4 Å². The van der Waals surface area contributed by atoms with Crippen LogP contribution >= 0.6 is 0 Å². The number of benzene rings is 1. The topological polar surface area (TPSA) is 88.8 Å². The van der Waals surface area contributed by atoms with Crippen LogP contribution in [0.2, 0.25) is 0 Å². The molecule has 134 valence electrons. The lowest BCUT2D eigenvalue weighted by Gasteiger charge is -2.29. The summed E-state index contributed by atoms with van der Waals surface area (Å²) in [7, 11) is 1.55. The number of aliphatic carboxylic acids is 1. The molecular weight excluding hydrogens is 322 g/mol. The van der Waals surface area contributed by atoms with E-state index in [1.54, 1.807) is 13.2 Å². The molecular formula is C19H23NO5. The number of nitrogens with one attached hydrogen (secondary N) is 1. The molecule has 1 aromatic heterocycles. The monoisotopic (exact) mass is 345 g/mol. The number of ether oxygens (including phenoxy) is 1. The first-order chi connectivity index (χ1) is 12.1. The van der Waals surface area contributed by atoms with Gasteiger partial charge in [0.25, 0.3) is 5.91 Å². The Bertz CT molecular complexity index is 771. The van der Waals surface area contributed by atoms with Gasteiger partial charge in [-0.15, -0.1) is 0 Å². The SMILES string of the molecule is COCc1c(C(=O)NC2(C(=O)O)CCCCCC2)oc2ccccc12. The van der Waals surface area contributed by atoms with E-state index >= 15 is 0 Å². The summed E-state index contributed by atoms with van der Waals surface area (Å²) in [6.07, 6.45) is 4.44. The van der Waals surface area contributed by atoms with Gasteiger partial charge in [-0.05, 0) is 18.9 Å². The number of carboxylic acids is 1. The lowest BCUT2D eigenvalue weighted by Crippen LogP contribution is -2.54. The van der Waals surface area contributed by atoms with Crippen LogP contribution in [0.25, 0.3) is 11.0 Å². The average Bonchev–Trinajstić information content (AvgIpc) is 2.79. The summed E-state index contributed by atoms with van der Waals surface area (Å²) in [5.74, 6) is -1.34. The van der Waals surface area contributed by atoms with Crippen molar-refractivity contribution in [2.24, 2.45) is 0 Å². The van der Waals surface area contributed by atoms with Crippen LogP contribution in [0.5, 0.6) is 0 Å². The zero-order chi connectivity index (χ0) is 17.9. The molecule has 1 saturated carbocycles. The van der Waals surface area contributed by atoms with Crippen LogP contribution in [0.4, 0.5) is 0 Å². The molecule has 25 heavy (non-hydrogen) atoms. The molecule has 1 fully saturated rings. The second-order valence-corrected chi connectivity index (χ2v) is 6.59. The quantitative estimate of drug-likeness (QED) is 0.810. The molecule has 6 heteroatoms. The van der Waals surface area contributed by atoms with Crippen molar-refractivity contribution in [1.29, 1.82) is 0 Å². The normalized spacial score (nSPS) is 17.2. The smallest absolute Gasteiger partial charge is 0.329 e. The lowest BCUT2D eigenvalue weighted by molar-refractivity contribution is -0.145. The van der Waals surface area contributed by atoms with E-state index in [1.807, 2.05) is 18.2 Å². The predicted molar refractivity (Wildman–Crippen MR) is 92.5 cm³/mol. The minimum Gasteiger partial charge on any atom is -0.480 e. The number of carboxylic acid groups (broad SMARTS) is 1. The third-order valence-corrected chi connectivity index (χ3v) is 4.91. The minimum atomic E-state index is -1.23. The fourth-order valence-corrected chi connectivity index (χ4v) is 3.57. The van der Waals surface area contributed by atoms with Crippen LogP contribution in [0.15, 0.2) is 28.7 Å². The molecule has 0 radical (unpaired) electrons. The van der Waals surface area contributed by atoms with Crippen LogP contribution in [0, 0.1) is 0 Å². The summed E-state index contributed by atoms with van der Waals surface area (Å²) in [5.41, 5.74) is 0.00591. The van der Waals surface area contributed by atoms with E-state index in [2.05, 4.69) is 5.32 Å². The van der Waals surface area contributed by atoms with Gasteiger partial charge in [0.2, 0.25) is 0 Å².